The monoisotopic (exact) mass is 381 g/mol. The molecule has 0 radical (unpaired) electrons. The Morgan fingerprint density at radius 3 is 2.46 bits per heavy atom. The Morgan fingerprint density at radius 1 is 1.27 bits per heavy atom. The highest BCUT2D eigenvalue weighted by molar-refractivity contribution is 5.94. The molecule has 26 heavy (non-hydrogen) atoms. The second-order valence-corrected chi connectivity index (χ2v) is 8.02. The first-order valence-electron chi connectivity index (χ1n) is 9.04. The second kappa shape index (κ2) is 9.38. The minimum atomic E-state index is -0.123. The van der Waals surface area contributed by atoms with Crippen molar-refractivity contribution in [3.63, 3.8) is 0 Å². The van der Waals surface area contributed by atoms with Gasteiger partial charge in [-0.2, -0.15) is 0 Å². The predicted octanol–water partition coefficient (Wildman–Crippen LogP) is 2.71. The largest absolute Gasteiger partial charge is 0.345 e. The summed E-state index contributed by atoms with van der Waals surface area (Å²) in [5, 5.41) is 0. The standard InChI is InChI=1S/C20H31N3O2.ClH/c1-15-7-9-16(10-8-15)19(25)23-11-5-6-17(12-23)18(24)22(4)14-20(2,3)13-21;/h7-10,17H,5-6,11-14,21H2,1-4H3;1H. The van der Waals surface area contributed by atoms with Gasteiger partial charge in [0.2, 0.25) is 5.91 Å². The molecule has 2 N–H and O–H groups in total. The highest BCUT2D eigenvalue weighted by Crippen LogP contribution is 2.22. The number of likely N-dealkylation sites (tertiary alicyclic amines) is 1. The summed E-state index contributed by atoms with van der Waals surface area (Å²) in [6.45, 7) is 8.50. The fourth-order valence-corrected chi connectivity index (χ4v) is 3.34. The minimum Gasteiger partial charge on any atom is -0.345 e. The highest BCUT2D eigenvalue weighted by Gasteiger charge is 2.32. The van der Waals surface area contributed by atoms with Crippen molar-refractivity contribution in [3.8, 4) is 0 Å². The highest BCUT2D eigenvalue weighted by atomic mass is 35.5. The Bertz CT molecular complexity index is 616. The van der Waals surface area contributed by atoms with Crippen molar-refractivity contribution in [2.45, 2.75) is 33.6 Å². The van der Waals surface area contributed by atoms with Crippen molar-refractivity contribution in [3.05, 3.63) is 35.4 Å². The van der Waals surface area contributed by atoms with Gasteiger partial charge in [0.1, 0.15) is 0 Å². The maximum absolute atomic E-state index is 12.8. The van der Waals surface area contributed by atoms with Gasteiger partial charge in [-0.05, 0) is 43.9 Å². The van der Waals surface area contributed by atoms with E-state index in [1.165, 1.54) is 0 Å². The van der Waals surface area contributed by atoms with Gasteiger partial charge in [-0.15, -0.1) is 12.4 Å². The number of nitrogens with zero attached hydrogens (tertiary/aromatic N) is 2. The van der Waals surface area contributed by atoms with Gasteiger partial charge < -0.3 is 15.5 Å². The molecule has 0 bridgehead atoms. The lowest BCUT2D eigenvalue weighted by molar-refractivity contribution is -0.136. The first kappa shape index (κ1) is 22.5. The summed E-state index contributed by atoms with van der Waals surface area (Å²) in [6, 6.07) is 7.61. The number of amides is 2. The molecule has 0 spiro atoms. The van der Waals surface area contributed by atoms with Crippen LogP contribution in [0.2, 0.25) is 0 Å². The number of halogens is 1. The van der Waals surface area contributed by atoms with Crippen molar-refractivity contribution in [1.29, 1.82) is 0 Å². The van der Waals surface area contributed by atoms with Gasteiger partial charge in [0, 0.05) is 32.2 Å². The first-order valence-corrected chi connectivity index (χ1v) is 9.04. The molecule has 1 aliphatic rings. The second-order valence-electron chi connectivity index (χ2n) is 8.02. The van der Waals surface area contributed by atoms with E-state index in [9.17, 15) is 9.59 Å². The van der Waals surface area contributed by atoms with Crippen molar-refractivity contribution in [2.75, 3.05) is 33.2 Å². The number of nitrogens with two attached hydrogens (primary N) is 1. The molecule has 1 aromatic carbocycles. The fraction of sp³-hybridized carbons (Fsp3) is 0.600. The van der Waals surface area contributed by atoms with Gasteiger partial charge in [0.25, 0.3) is 5.91 Å². The molecule has 5 nitrogen and oxygen atoms in total. The van der Waals surface area contributed by atoms with Crippen LogP contribution in [0.3, 0.4) is 0 Å². The van der Waals surface area contributed by atoms with Crippen LogP contribution in [-0.4, -0.2) is 54.8 Å². The molecule has 2 amide bonds. The summed E-state index contributed by atoms with van der Waals surface area (Å²) in [5.74, 6) is 0.00657. The molecule has 1 fully saturated rings. The van der Waals surface area contributed by atoms with E-state index in [-0.39, 0.29) is 35.6 Å². The summed E-state index contributed by atoms with van der Waals surface area (Å²) in [5.41, 5.74) is 7.50. The zero-order valence-electron chi connectivity index (χ0n) is 16.3. The van der Waals surface area contributed by atoms with Crippen LogP contribution in [0.15, 0.2) is 24.3 Å². The molecule has 1 unspecified atom stereocenters. The smallest absolute Gasteiger partial charge is 0.253 e. The van der Waals surface area contributed by atoms with E-state index in [2.05, 4.69) is 13.8 Å². The number of hydrogen-bond acceptors (Lipinski definition) is 3. The molecular weight excluding hydrogens is 350 g/mol. The van der Waals surface area contributed by atoms with Gasteiger partial charge in [-0.3, -0.25) is 9.59 Å². The summed E-state index contributed by atoms with van der Waals surface area (Å²) in [7, 11) is 1.83. The molecular formula is C20H32ClN3O2. The van der Waals surface area contributed by atoms with E-state index in [4.69, 9.17) is 5.73 Å². The van der Waals surface area contributed by atoms with Gasteiger partial charge in [-0.25, -0.2) is 0 Å². The molecule has 1 saturated heterocycles. The molecule has 2 rings (SSSR count). The maximum atomic E-state index is 12.8. The Balaban J connectivity index is 0.00000338. The van der Waals surface area contributed by atoms with Crippen molar-refractivity contribution in [1.82, 2.24) is 9.80 Å². The molecule has 1 atom stereocenters. The summed E-state index contributed by atoms with van der Waals surface area (Å²) in [4.78, 5) is 29.1. The van der Waals surface area contributed by atoms with Crippen molar-refractivity contribution < 1.29 is 9.59 Å². The lowest BCUT2D eigenvalue weighted by atomic mass is 9.91. The number of carbonyl (C=O) groups is 2. The summed E-state index contributed by atoms with van der Waals surface area (Å²) < 4.78 is 0. The van der Waals surface area contributed by atoms with Crippen molar-refractivity contribution >= 4 is 24.2 Å². The van der Waals surface area contributed by atoms with Crippen LogP contribution in [0.4, 0.5) is 0 Å². The molecule has 1 heterocycles. The molecule has 1 aromatic rings. The lowest BCUT2D eigenvalue weighted by Crippen LogP contribution is -2.48. The van der Waals surface area contributed by atoms with Gasteiger partial charge in [-0.1, -0.05) is 31.5 Å². The Labute approximate surface area is 163 Å². The van der Waals surface area contributed by atoms with Crippen LogP contribution in [0.25, 0.3) is 0 Å². The van der Waals surface area contributed by atoms with E-state index in [1.54, 1.807) is 4.90 Å². The lowest BCUT2D eigenvalue weighted by Gasteiger charge is -2.36. The summed E-state index contributed by atoms with van der Waals surface area (Å²) in [6.07, 6.45) is 1.70. The SMILES string of the molecule is Cc1ccc(C(=O)N2CCCC(C(=O)N(C)CC(C)(C)CN)C2)cc1.Cl. The van der Waals surface area contributed by atoms with Crippen LogP contribution in [0.1, 0.15) is 42.6 Å². The van der Waals surface area contributed by atoms with E-state index >= 15 is 0 Å². The third-order valence-corrected chi connectivity index (χ3v) is 4.95. The molecule has 146 valence electrons. The van der Waals surface area contributed by atoms with Gasteiger partial charge >= 0.3 is 0 Å². The van der Waals surface area contributed by atoms with Gasteiger partial charge in [0.05, 0.1) is 5.92 Å². The van der Waals surface area contributed by atoms with Crippen molar-refractivity contribution in [2.24, 2.45) is 17.1 Å². The van der Waals surface area contributed by atoms with Crippen LogP contribution in [0.5, 0.6) is 0 Å². The molecule has 0 aromatic heterocycles. The Kier molecular flexibility index (Phi) is 8.10. The Hall–Kier alpha value is -1.59. The first-order chi connectivity index (χ1) is 11.7. The minimum absolute atomic E-state index is 0. The van der Waals surface area contributed by atoms with Gasteiger partial charge in [0.15, 0.2) is 0 Å². The number of hydrogen-bond donors (Lipinski definition) is 1. The quantitative estimate of drug-likeness (QED) is 0.852. The normalized spacial score (nSPS) is 17.4. The predicted molar refractivity (Wildman–Crippen MR) is 108 cm³/mol. The molecule has 0 aliphatic carbocycles. The van der Waals surface area contributed by atoms with E-state index < -0.39 is 0 Å². The van der Waals surface area contributed by atoms with E-state index in [0.717, 1.165) is 18.4 Å². The van der Waals surface area contributed by atoms with E-state index in [0.29, 0.717) is 31.7 Å². The fourth-order valence-electron chi connectivity index (χ4n) is 3.34. The average molecular weight is 382 g/mol. The third-order valence-electron chi connectivity index (χ3n) is 4.95. The number of benzene rings is 1. The summed E-state index contributed by atoms with van der Waals surface area (Å²) >= 11 is 0. The molecule has 6 heteroatoms. The Morgan fingerprint density at radius 2 is 1.88 bits per heavy atom. The zero-order chi connectivity index (χ0) is 18.6. The number of aryl methyl sites for hydroxylation is 1. The average Bonchev–Trinajstić information content (AvgIpc) is 2.61. The topological polar surface area (TPSA) is 66.6 Å². The van der Waals surface area contributed by atoms with Crippen LogP contribution < -0.4 is 5.73 Å². The molecule has 1 aliphatic heterocycles. The van der Waals surface area contributed by atoms with Crippen LogP contribution in [-0.2, 0) is 4.79 Å². The number of piperidine rings is 1. The zero-order valence-corrected chi connectivity index (χ0v) is 17.1. The van der Waals surface area contributed by atoms with E-state index in [1.807, 2.05) is 43.1 Å². The molecule has 0 saturated carbocycles. The van der Waals surface area contributed by atoms with Crippen LogP contribution >= 0.6 is 12.4 Å². The third kappa shape index (κ3) is 5.71. The number of rotatable bonds is 5. The van der Waals surface area contributed by atoms with Crippen LogP contribution in [0, 0.1) is 18.3 Å². The number of carbonyl (C=O) groups excluding carboxylic acids is 2. The maximum Gasteiger partial charge on any atom is 0.253 e.